The fourth-order valence-electron chi connectivity index (χ4n) is 3.88. The van der Waals surface area contributed by atoms with E-state index in [2.05, 4.69) is 0 Å². The number of aromatic hydroxyl groups is 1. The number of benzene rings is 3. The number of phenolic OH excluding ortho intramolecular Hbond substituents is 1. The predicted octanol–water partition coefficient (Wildman–Crippen LogP) is 4.19. The zero-order chi connectivity index (χ0) is 19.7. The standard InChI is InChI=1S/C23H23NO4/c1-27-18-11-17(12-19(13-18)28-2)16-9-10-24(14-16)23(26)21-8-7-15-5-3-4-6-20(15)22(21)25/h3-8,11-13,16,25H,9-10,14H2,1-2H3. The van der Waals surface area contributed by atoms with E-state index < -0.39 is 0 Å². The molecule has 1 aliphatic heterocycles. The van der Waals surface area contributed by atoms with Gasteiger partial charge in [-0.25, -0.2) is 0 Å². The number of fused-ring (bicyclic) bond motifs is 1. The lowest BCUT2D eigenvalue weighted by molar-refractivity contribution is 0.0788. The van der Waals surface area contributed by atoms with Crippen molar-refractivity contribution in [2.75, 3.05) is 27.3 Å². The minimum Gasteiger partial charge on any atom is -0.506 e. The zero-order valence-corrected chi connectivity index (χ0v) is 16.0. The molecule has 1 heterocycles. The number of amides is 1. The van der Waals surface area contributed by atoms with Gasteiger partial charge in [0, 0.05) is 30.5 Å². The van der Waals surface area contributed by atoms with Crippen LogP contribution in [0.5, 0.6) is 17.2 Å². The summed E-state index contributed by atoms with van der Waals surface area (Å²) in [6, 6.07) is 16.9. The third-order valence-corrected chi connectivity index (χ3v) is 5.45. The summed E-state index contributed by atoms with van der Waals surface area (Å²) in [6.45, 7) is 1.25. The van der Waals surface area contributed by atoms with Crippen LogP contribution in [-0.4, -0.2) is 43.2 Å². The molecule has 144 valence electrons. The Labute approximate surface area is 164 Å². The highest BCUT2D eigenvalue weighted by Gasteiger charge is 2.30. The normalized spacial score (nSPS) is 16.4. The maximum atomic E-state index is 13.1. The first kappa shape index (κ1) is 18.2. The molecule has 3 aromatic carbocycles. The van der Waals surface area contributed by atoms with Gasteiger partial charge in [-0.15, -0.1) is 0 Å². The van der Waals surface area contributed by atoms with Crippen LogP contribution in [0.25, 0.3) is 10.8 Å². The van der Waals surface area contributed by atoms with Crippen LogP contribution in [0.1, 0.15) is 28.3 Å². The molecule has 1 fully saturated rings. The molecule has 0 saturated carbocycles. The van der Waals surface area contributed by atoms with Crippen LogP contribution in [0.15, 0.2) is 54.6 Å². The summed E-state index contributed by atoms with van der Waals surface area (Å²) in [5.41, 5.74) is 1.44. The summed E-state index contributed by atoms with van der Waals surface area (Å²) in [6.07, 6.45) is 0.858. The Morgan fingerprint density at radius 2 is 1.75 bits per heavy atom. The number of hydrogen-bond acceptors (Lipinski definition) is 4. The molecule has 5 heteroatoms. The maximum absolute atomic E-state index is 13.1. The fraction of sp³-hybridized carbons (Fsp3) is 0.261. The predicted molar refractivity (Wildman–Crippen MR) is 108 cm³/mol. The number of ether oxygens (including phenoxy) is 2. The van der Waals surface area contributed by atoms with Crippen molar-refractivity contribution in [3.05, 3.63) is 65.7 Å². The minimum atomic E-state index is -0.138. The van der Waals surface area contributed by atoms with Gasteiger partial charge in [-0.2, -0.15) is 0 Å². The third kappa shape index (κ3) is 3.24. The number of rotatable bonds is 4. The van der Waals surface area contributed by atoms with Crippen LogP contribution in [0.4, 0.5) is 0 Å². The van der Waals surface area contributed by atoms with E-state index in [0.717, 1.165) is 28.9 Å². The fourth-order valence-corrected chi connectivity index (χ4v) is 3.88. The molecule has 28 heavy (non-hydrogen) atoms. The molecule has 0 spiro atoms. The minimum absolute atomic E-state index is 0.0506. The number of methoxy groups -OCH3 is 2. The second-order valence-corrected chi connectivity index (χ2v) is 7.07. The van der Waals surface area contributed by atoms with E-state index >= 15 is 0 Å². The number of likely N-dealkylation sites (tertiary alicyclic amines) is 1. The van der Waals surface area contributed by atoms with E-state index in [9.17, 15) is 9.90 Å². The Morgan fingerprint density at radius 3 is 2.46 bits per heavy atom. The topological polar surface area (TPSA) is 59.0 Å². The molecular formula is C23H23NO4. The van der Waals surface area contributed by atoms with Crippen LogP contribution < -0.4 is 9.47 Å². The summed E-state index contributed by atoms with van der Waals surface area (Å²) in [7, 11) is 3.26. The highest BCUT2D eigenvalue weighted by atomic mass is 16.5. The first-order valence-corrected chi connectivity index (χ1v) is 9.33. The van der Waals surface area contributed by atoms with E-state index in [1.165, 1.54) is 0 Å². The number of nitrogens with zero attached hydrogens (tertiary/aromatic N) is 1. The first-order valence-electron chi connectivity index (χ1n) is 9.33. The molecule has 1 aliphatic rings. The Hall–Kier alpha value is -3.21. The van der Waals surface area contributed by atoms with Gasteiger partial charge in [-0.05, 0) is 35.6 Å². The van der Waals surface area contributed by atoms with Crippen molar-refractivity contribution >= 4 is 16.7 Å². The highest BCUT2D eigenvalue weighted by Crippen LogP contribution is 2.35. The largest absolute Gasteiger partial charge is 0.506 e. The van der Waals surface area contributed by atoms with Gasteiger partial charge < -0.3 is 19.5 Å². The van der Waals surface area contributed by atoms with E-state index in [0.29, 0.717) is 24.0 Å². The van der Waals surface area contributed by atoms with Gasteiger partial charge in [0.1, 0.15) is 17.2 Å². The molecule has 0 bridgehead atoms. The maximum Gasteiger partial charge on any atom is 0.257 e. The van der Waals surface area contributed by atoms with Crippen molar-refractivity contribution in [3.8, 4) is 17.2 Å². The van der Waals surface area contributed by atoms with Crippen LogP contribution in [-0.2, 0) is 0 Å². The monoisotopic (exact) mass is 377 g/mol. The highest BCUT2D eigenvalue weighted by molar-refractivity contribution is 6.03. The smallest absolute Gasteiger partial charge is 0.257 e. The Kier molecular flexibility index (Phi) is 4.82. The van der Waals surface area contributed by atoms with Gasteiger partial charge in [0.2, 0.25) is 0 Å². The number of carbonyl (C=O) groups excluding carboxylic acids is 1. The molecule has 4 rings (SSSR count). The summed E-state index contributed by atoms with van der Waals surface area (Å²) in [5, 5.41) is 12.2. The molecule has 1 saturated heterocycles. The molecule has 5 nitrogen and oxygen atoms in total. The van der Waals surface area contributed by atoms with Crippen LogP contribution >= 0.6 is 0 Å². The summed E-state index contributed by atoms with van der Waals surface area (Å²) in [5.74, 6) is 1.60. The Balaban J connectivity index is 1.58. The van der Waals surface area contributed by atoms with Gasteiger partial charge in [-0.1, -0.05) is 30.3 Å². The molecular weight excluding hydrogens is 354 g/mol. The molecule has 1 unspecified atom stereocenters. The number of carbonyl (C=O) groups is 1. The average Bonchev–Trinajstić information content (AvgIpc) is 3.23. The van der Waals surface area contributed by atoms with Crippen LogP contribution in [0.2, 0.25) is 0 Å². The quantitative estimate of drug-likeness (QED) is 0.741. The second-order valence-electron chi connectivity index (χ2n) is 7.07. The van der Waals surface area contributed by atoms with Crippen molar-refractivity contribution in [1.29, 1.82) is 0 Å². The van der Waals surface area contributed by atoms with E-state index in [1.54, 1.807) is 25.2 Å². The van der Waals surface area contributed by atoms with Gasteiger partial charge in [0.15, 0.2) is 0 Å². The first-order chi connectivity index (χ1) is 13.6. The Morgan fingerprint density at radius 1 is 1.04 bits per heavy atom. The average molecular weight is 377 g/mol. The van der Waals surface area contributed by atoms with Gasteiger partial charge in [0.25, 0.3) is 5.91 Å². The van der Waals surface area contributed by atoms with Crippen molar-refractivity contribution in [2.45, 2.75) is 12.3 Å². The van der Waals surface area contributed by atoms with E-state index in [4.69, 9.17) is 9.47 Å². The summed E-state index contributed by atoms with van der Waals surface area (Å²) >= 11 is 0. The summed E-state index contributed by atoms with van der Waals surface area (Å²) in [4.78, 5) is 14.9. The number of hydrogen-bond donors (Lipinski definition) is 1. The van der Waals surface area contributed by atoms with Crippen molar-refractivity contribution in [2.24, 2.45) is 0 Å². The molecule has 0 aromatic heterocycles. The summed E-state index contributed by atoms with van der Waals surface area (Å²) < 4.78 is 10.7. The lowest BCUT2D eigenvalue weighted by atomic mass is 9.98. The molecule has 1 N–H and O–H groups in total. The lowest BCUT2D eigenvalue weighted by Gasteiger charge is -2.18. The van der Waals surface area contributed by atoms with Crippen LogP contribution in [0, 0.1) is 0 Å². The molecule has 1 amide bonds. The van der Waals surface area contributed by atoms with E-state index in [-0.39, 0.29) is 17.6 Å². The zero-order valence-electron chi connectivity index (χ0n) is 16.0. The molecule has 0 radical (unpaired) electrons. The lowest BCUT2D eigenvalue weighted by Crippen LogP contribution is -2.28. The van der Waals surface area contributed by atoms with E-state index in [1.807, 2.05) is 48.5 Å². The second kappa shape index (κ2) is 7.43. The van der Waals surface area contributed by atoms with Crippen molar-refractivity contribution in [3.63, 3.8) is 0 Å². The van der Waals surface area contributed by atoms with Crippen LogP contribution in [0.3, 0.4) is 0 Å². The SMILES string of the molecule is COc1cc(OC)cc(C2CCN(C(=O)c3ccc4ccccc4c3O)C2)c1. The van der Waals surface area contributed by atoms with Gasteiger partial charge in [0.05, 0.1) is 19.8 Å². The Bertz CT molecular complexity index is 1010. The van der Waals surface area contributed by atoms with Gasteiger partial charge in [-0.3, -0.25) is 4.79 Å². The third-order valence-electron chi connectivity index (χ3n) is 5.45. The van der Waals surface area contributed by atoms with Crippen molar-refractivity contribution in [1.82, 2.24) is 4.90 Å². The molecule has 1 atom stereocenters. The number of phenols is 1. The van der Waals surface area contributed by atoms with Crippen molar-refractivity contribution < 1.29 is 19.4 Å². The van der Waals surface area contributed by atoms with Gasteiger partial charge >= 0.3 is 0 Å². The molecule has 3 aromatic rings. The molecule has 0 aliphatic carbocycles.